The first kappa shape index (κ1) is 18.4. The molecule has 6 rings (SSSR count). The summed E-state index contributed by atoms with van der Waals surface area (Å²) in [4.78, 5) is 29.7. The van der Waals surface area contributed by atoms with E-state index in [1.54, 1.807) is 0 Å². The molecule has 3 heterocycles. The van der Waals surface area contributed by atoms with Gasteiger partial charge >= 0.3 is 0 Å². The number of nitrogens with zero attached hydrogens (tertiary/aromatic N) is 2. The maximum Gasteiger partial charge on any atom is 0.291 e. The number of aromatic nitrogens is 3. The topological polar surface area (TPSA) is 99.8 Å². The number of anilines is 1. The van der Waals surface area contributed by atoms with Crippen molar-refractivity contribution in [2.45, 2.75) is 30.7 Å². The number of fused-ring (bicyclic) bond motifs is 1. The van der Waals surface area contributed by atoms with Gasteiger partial charge in [-0.3, -0.25) is 14.7 Å². The largest absolute Gasteiger partial charge is 0.335 e. The highest BCUT2D eigenvalue weighted by Crippen LogP contribution is 2.50. The molecule has 0 spiro atoms. The number of benzene rings is 2. The maximum atomic E-state index is 14.1. The zero-order valence-corrected chi connectivity index (χ0v) is 15.7. The number of rotatable bonds is 4. The normalized spacial score (nSPS) is 21.8. The van der Waals surface area contributed by atoms with Crippen LogP contribution in [0, 0.1) is 11.6 Å². The van der Waals surface area contributed by atoms with E-state index in [9.17, 15) is 18.4 Å². The summed E-state index contributed by atoms with van der Waals surface area (Å²) in [6, 6.07) is 11.5. The number of aromatic amines is 1. The van der Waals surface area contributed by atoms with E-state index in [2.05, 4.69) is 25.8 Å². The summed E-state index contributed by atoms with van der Waals surface area (Å²) in [6.07, 6.45) is 0.985. The minimum Gasteiger partial charge on any atom is -0.335 e. The second kappa shape index (κ2) is 6.72. The summed E-state index contributed by atoms with van der Waals surface area (Å²) >= 11 is 0. The standard InChI is InChI=1S/C21H17F2N5O2/c22-13-7-14-12-9-21(10-12,20(30)25-17(14)15(23)8-13)26-19(29)18-24-16(27-28-18)6-11-4-2-1-3-5-11/h1-5,7-8,12H,6,9-10H2,(H,25,30)(H,26,29)(H,24,27,28). The first-order chi connectivity index (χ1) is 14.4. The second-order valence-electron chi connectivity index (χ2n) is 7.72. The summed E-state index contributed by atoms with van der Waals surface area (Å²) in [7, 11) is 0. The Labute approximate surface area is 169 Å². The molecule has 0 saturated heterocycles. The van der Waals surface area contributed by atoms with Crippen molar-refractivity contribution in [3.63, 3.8) is 0 Å². The van der Waals surface area contributed by atoms with Gasteiger partial charge in [-0.15, -0.1) is 5.10 Å². The Morgan fingerprint density at radius 1 is 1.20 bits per heavy atom. The van der Waals surface area contributed by atoms with E-state index < -0.39 is 29.0 Å². The monoisotopic (exact) mass is 409 g/mol. The van der Waals surface area contributed by atoms with Crippen molar-refractivity contribution in [3.8, 4) is 0 Å². The van der Waals surface area contributed by atoms with Gasteiger partial charge < -0.3 is 10.6 Å². The summed E-state index contributed by atoms with van der Waals surface area (Å²) in [6.45, 7) is 0. The molecule has 2 aliphatic heterocycles. The van der Waals surface area contributed by atoms with Crippen LogP contribution in [-0.4, -0.2) is 32.5 Å². The lowest BCUT2D eigenvalue weighted by Crippen LogP contribution is -2.62. The van der Waals surface area contributed by atoms with E-state index in [0.717, 1.165) is 11.6 Å². The van der Waals surface area contributed by atoms with Gasteiger partial charge in [0.1, 0.15) is 23.0 Å². The van der Waals surface area contributed by atoms with Crippen molar-refractivity contribution in [3.05, 3.63) is 76.9 Å². The lowest BCUT2D eigenvalue weighted by atomic mass is 9.66. The van der Waals surface area contributed by atoms with Gasteiger partial charge in [-0.05, 0) is 36.0 Å². The minimum absolute atomic E-state index is 0.0249. The number of hydrogen-bond donors (Lipinski definition) is 3. The first-order valence-electron chi connectivity index (χ1n) is 9.52. The van der Waals surface area contributed by atoms with Crippen molar-refractivity contribution < 1.29 is 18.4 Å². The molecule has 0 atom stereocenters. The number of amides is 2. The van der Waals surface area contributed by atoms with Gasteiger partial charge in [-0.2, -0.15) is 0 Å². The molecule has 1 aliphatic carbocycles. The number of nitrogens with one attached hydrogen (secondary N) is 3. The van der Waals surface area contributed by atoms with E-state index in [1.165, 1.54) is 6.07 Å². The summed E-state index contributed by atoms with van der Waals surface area (Å²) in [5.41, 5.74) is 0.190. The Hall–Kier alpha value is -3.62. The zero-order chi connectivity index (χ0) is 20.9. The number of halogens is 2. The van der Waals surface area contributed by atoms with Crippen LogP contribution in [0.25, 0.3) is 0 Å². The molecule has 2 amide bonds. The van der Waals surface area contributed by atoms with E-state index >= 15 is 0 Å². The van der Waals surface area contributed by atoms with Crippen LogP contribution < -0.4 is 10.6 Å². The van der Waals surface area contributed by atoms with E-state index in [4.69, 9.17) is 0 Å². The lowest BCUT2D eigenvalue weighted by Gasteiger charge is -2.44. The molecule has 0 unspecified atom stereocenters. The third-order valence-corrected chi connectivity index (χ3v) is 5.69. The predicted molar refractivity (Wildman–Crippen MR) is 103 cm³/mol. The van der Waals surface area contributed by atoms with E-state index in [1.807, 2.05) is 30.3 Å². The van der Waals surface area contributed by atoms with Gasteiger partial charge in [0.25, 0.3) is 5.91 Å². The Kier molecular flexibility index (Phi) is 4.12. The van der Waals surface area contributed by atoms with Crippen molar-refractivity contribution in [1.29, 1.82) is 0 Å². The van der Waals surface area contributed by atoms with Crippen LogP contribution in [0.5, 0.6) is 0 Å². The second-order valence-corrected chi connectivity index (χ2v) is 7.72. The smallest absolute Gasteiger partial charge is 0.291 e. The molecular weight excluding hydrogens is 392 g/mol. The van der Waals surface area contributed by atoms with Crippen LogP contribution in [-0.2, 0) is 11.2 Å². The molecule has 2 bridgehead atoms. The Morgan fingerprint density at radius 2 is 1.97 bits per heavy atom. The van der Waals surface area contributed by atoms with Crippen molar-refractivity contribution in [1.82, 2.24) is 20.5 Å². The molecule has 1 aromatic heterocycles. The quantitative estimate of drug-likeness (QED) is 0.617. The average Bonchev–Trinajstić information content (AvgIpc) is 3.07. The Balaban J connectivity index is 1.33. The SMILES string of the molecule is O=C(NC12CC(C1)c1cc(F)cc(F)c1NC2=O)c1n[nH]c(Cc2ccccc2)n1. The Bertz CT molecular complexity index is 1160. The molecule has 30 heavy (non-hydrogen) atoms. The highest BCUT2D eigenvalue weighted by molar-refractivity contribution is 6.05. The van der Waals surface area contributed by atoms with Crippen LogP contribution in [0.1, 0.15) is 46.3 Å². The van der Waals surface area contributed by atoms with Crippen LogP contribution in [0.4, 0.5) is 14.5 Å². The highest BCUT2D eigenvalue weighted by atomic mass is 19.1. The van der Waals surface area contributed by atoms with Crippen molar-refractivity contribution in [2.75, 3.05) is 5.32 Å². The maximum absolute atomic E-state index is 14.1. The van der Waals surface area contributed by atoms with Crippen LogP contribution in [0.15, 0.2) is 42.5 Å². The fourth-order valence-corrected chi connectivity index (χ4v) is 4.16. The first-order valence-corrected chi connectivity index (χ1v) is 9.52. The van der Waals surface area contributed by atoms with E-state index in [-0.39, 0.29) is 30.3 Å². The van der Waals surface area contributed by atoms with Crippen LogP contribution in [0.3, 0.4) is 0 Å². The lowest BCUT2D eigenvalue weighted by molar-refractivity contribution is -0.125. The van der Waals surface area contributed by atoms with Crippen LogP contribution >= 0.6 is 0 Å². The molecule has 7 nitrogen and oxygen atoms in total. The molecule has 9 heteroatoms. The van der Waals surface area contributed by atoms with Crippen molar-refractivity contribution >= 4 is 17.5 Å². The highest BCUT2D eigenvalue weighted by Gasteiger charge is 2.55. The molecule has 1 saturated carbocycles. The fraction of sp³-hybridized carbons (Fsp3) is 0.238. The van der Waals surface area contributed by atoms with Gasteiger partial charge in [0, 0.05) is 12.5 Å². The van der Waals surface area contributed by atoms with Gasteiger partial charge in [0.05, 0.1) is 5.69 Å². The molecule has 3 aromatic rings. The molecule has 3 aliphatic rings. The van der Waals surface area contributed by atoms with Gasteiger partial charge in [-0.1, -0.05) is 30.3 Å². The molecule has 1 fully saturated rings. The molecule has 152 valence electrons. The fourth-order valence-electron chi connectivity index (χ4n) is 4.16. The van der Waals surface area contributed by atoms with Crippen molar-refractivity contribution in [2.24, 2.45) is 0 Å². The summed E-state index contributed by atoms with van der Waals surface area (Å²) < 4.78 is 27.8. The predicted octanol–water partition coefficient (Wildman–Crippen LogP) is 2.67. The number of carbonyl (C=O) groups excluding carboxylic acids is 2. The summed E-state index contributed by atoms with van der Waals surface area (Å²) in [5.74, 6) is -2.45. The minimum atomic E-state index is -1.20. The van der Waals surface area contributed by atoms with Gasteiger partial charge in [0.15, 0.2) is 0 Å². The average molecular weight is 409 g/mol. The third kappa shape index (κ3) is 3.02. The Morgan fingerprint density at radius 3 is 2.73 bits per heavy atom. The van der Waals surface area contributed by atoms with Gasteiger partial charge in [-0.25, -0.2) is 13.8 Å². The zero-order valence-electron chi connectivity index (χ0n) is 15.7. The summed E-state index contributed by atoms with van der Waals surface area (Å²) in [5, 5.41) is 11.9. The number of H-pyrrole nitrogens is 1. The molecule has 2 aromatic carbocycles. The van der Waals surface area contributed by atoms with Crippen LogP contribution in [0.2, 0.25) is 0 Å². The number of hydrogen-bond acceptors (Lipinski definition) is 4. The molecule has 3 N–H and O–H groups in total. The molecule has 0 radical (unpaired) electrons. The molecular formula is C21H17F2N5O2. The number of carbonyl (C=O) groups is 2. The van der Waals surface area contributed by atoms with E-state index in [0.29, 0.717) is 17.8 Å². The van der Waals surface area contributed by atoms with Gasteiger partial charge in [0.2, 0.25) is 11.7 Å². The third-order valence-electron chi connectivity index (χ3n) is 5.69.